The molecule has 0 aromatic heterocycles. The van der Waals surface area contributed by atoms with Crippen molar-refractivity contribution in [2.75, 3.05) is 39.6 Å². The Morgan fingerprint density at radius 2 is 0.489 bits per heavy atom. The molecule has 0 spiro atoms. The van der Waals surface area contributed by atoms with E-state index in [-0.39, 0.29) is 179 Å². The van der Waals surface area contributed by atoms with Crippen molar-refractivity contribution >= 4 is 0 Å². The molecule has 3 aliphatic heterocycles. The molecule has 0 unspecified atom stereocenters. The Morgan fingerprint density at radius 3 is 0.609 bits per heavy atom. The van der Waals surface area contributed by atoms with Crippen LogP contribution in [-0.2, 0) is 64.1 Å². The van der Waals surface area contributed by atoms with Crippen LogP contribution in [-0.4, -0.2) is 39.6 Å². The molecule has 0 atom stereocenters. The van der Waals surface area contributed by atoms with Crippen LogP contribution in [0.2, 0.25) is 0 Å². The first-order valence-electron chi connectivity index (χ1n) is 32.5. The Kier molecular flexibility index (Phi) is 40.6. The normalized spacial score (nSPS) is 14.2. The second-order valence-electron chi connectivity index (χ2n) is 32.8. The summed E-state index contributed by atoms with van der Waals surface area (Å²) < 4.78 is 14.8. The Hall–Kier alpha value is -1.87. The third kappa shape index (κ3) is 29.3. The maximum Gasteiger partial charge on any atom is 1.00 e. The van der Waals surface area contributed by atoms with Crippen molar-refractivity contribution in [2.24, 2.45) is 0 Å². The van der Waals surface area contributed by atoms with Gasteiger partial charge < -0.3 is 39.7 Å². The largest absolute Gasteiger partial charge is 1.00 e. The Morgan fingerprint density at radius 1 is 0.304 bits per heavy atom. The van der Waals surface area contributed by atoms with E-state index < -0.39 is 0 Å². The van der Waals surface area contributed by atoms with Crippen LogP contribution in [0.1, 0.15) is 303 Å². The summed E-state index contributed by atoms with van der Waals surface area (Å²) >= 11 is 0. The Labute approximate surface area is 622 Å². The summed E-state index contributed by atoms with van der Waals surface area (Å²) in [4.78, 5) is 0. The second kappa shape index (κ2) is 39.7. The fraction of sp³-hybridized carbons (Fsp3) is 0.620. The van der Waals surface area contributed by atoms with Gasteiger partial charge in [-0.3, -0.25) is 0 Å². The molecule has 13 heteroatoms. The van der Waals surface area contributed by atoms with Crippen molar-refractivity contribution in [3.63, 3.8) is 0 Å². The minimum atomic E-state index is -0.276. The SMILES string of the molecule is C1CCOC1.C1CCOC1.C1CCOC1.CC(c1cc(C(C)(C)C)cc(C(C)(C)C)c1[O-])c1cc(C(C)(C)C)cc(C(C)(C)C)c1[O-].CC(c1cc(C(C)(C)C)cc(C(C)(C)C)c1[O-])c1cc(C(C)(C)C)cc(C(C)(C)C)c1[O-].[Li+].[Li+].[Li+].[Li+].[Li+].[O-]Cc1ccccc1. The molecule has 3 heterocycles. The van der Waals surface area contributed by atoms with Crippen LogP contribution < -0.4 is 120 Å². The van der Waals surface area contributed by atoms with E-state index in [1.165, 1.54) is 38.5 Å². The molecule has 0 radical (unpaired) electrons. The van der Waals surface area contributed by atoms with E-state index in [4.69, 9.17) is 14.2 Å². The molecule has 3 saturated heterocycles. The van der Waals surface area contributed by atoms with Gasteiger partial charge in [0.2, 0.25) is 0 Å². The third-order valence-corrected chi connectivity index (χ3v) is 16.5. The van der Waals surface area contributed by atoms with Gasteiger partial charge in [0.15, 0.2) is 0 Å². The smallest absolute Gasteiger partial charge is 0.872 e. The zero-order chi connectivity index (χ0) is 66.5. The summed E-state index contributed by atoms with van der Waals surface area (Å²) in [5.74, 6) is -0.290. The van der Waals surface area contributed by atoms with Crippen molar-refractivity contribution in [2.45, 2.75) is 280 Å². The fourth-order valence-electron chi connectivity index (χ4n) is 10.3. The maximum absolute atomic E-state index is 13.7. The molecular formula is C79H119Li5O8. The zero-order valence-electron chi connectivity index (χ0n) is 64.6. The van der Waals surface area contributed by atoms with Crippen LogP contribution in [0.4, 0.5) is 0 Å². The second-order valence-corrected chi connectivity index (χ2v) is 32.8. The minimum absolute atomic E-state index is 0. The van der Waals surface area contributed by atoms with Crippen molar-refractivity contribution in [3.8, 4) is 23.0 Å². The molecule has 488 valence electrons. The summed E-state index contributed by atoms with van der Waals surface area (Å²) in [5.41, 5.74) is 10.2. The average Bonchev–Trinajstić information content (AvgIpc) is 0.878. The van der Waals surface area contributed by atoms with E-state index in [2.05, 4.69) is 190 Å². The predicted molar refractivity (Wildman–Crippen MR) is 358 cm³/mol. The number of benzene rings is 5. The van der Waals surface area contributed by atoms with Crippen LogP contribution in [0.25, 0.3) is 0 Å². The fourth-order valence-corrected chi connectivity index (χ4v) is 10.3. The molecule has 0 N–H and O–H groups in total. The molecular weight excluding hydrogens is 1110 g/mol. The van der Waals surface area contributed by atoms with Crippen LogP contribution >= 0.6 is 0 Å². The van der Waals surface area contributed by atoms with Gasteiger partial charge in [-0.25, -0.2) is 0 Å². The number of hydrogen-bond donors (Lipinski definition) is 0. The molecule has 0 aliphatic carbocycles. The predicted octanol–water partition coefficient (Wildman–Crippen LogP) is 2.31. The van der Waals surface area contributed by atoms with Gasteiger partial charge in [-0.15, -0.1) is 29.6 Å². The van der Waals surface area contributed by atoms with E-state index in [0.717, 1.165) is 112 Å². The molecule has 5 aromatic carbocycles. The summed E-state index contributed by atoms with van der Waals surface area (Å²) in [7, 11) is 0. The molecule has 5 aromatic rings. The van der Waals surface area contributed by atoms with Crippen LogP contribution in [0.5, 0.6) is 23.0 Å². The minimum Gasteiger partial charge on any atom is -0.872 e. The molecule has 8 rings (SSSR count). The first-order valence-corrected chi connectivity index (χ1v) is 32.5. The van der Waals surface area contributed by atoms with Gasteiger partial charge in [-0.1, -0.05) is 264 Å². The number of hydrogen-bond acceptors (Lipinski definition) is 8. The van der Waals surface area contributed by atoms with Crippen molar-refractivity contribution in [3.05, 3.63) is 151 Å². The Bertz CT molecular complexity index is 2550. The van der Waals surface area contributed by atoms with E-state index >= 15 is 0 Å². The molecule has 8 nitrogen and oxygen atoms in total. The van der Waals surface area contributed by atoms with Gasteiger partial charge in [0.1, 0.15) is 0 Å². The average molecular weight is 1230 g/mol. The van der Waals surface area contributed by atoms with Crippen molar-refractivity contribution < 1.29 is 134 Å². The summed E-state index contributed by atoms with van der Waals surface area (Å²) in [6, 6.07) is 25.8. The first-order chi connectivity index (χ1) is 39.7. The molecule has 3 fully saturated rings. The van der Waals surface area contributed by atoms with Crippen molar-refractivity contribution in [1.29, 1.82) is 0 Å². The van der Waals surface area contributed by atoms with Crippen LogP contribution in [0.3, 0.4) is 0 Å². The van der Waals surface area contributed by atoms with Gasteiger partial charge in [0.05, 0.1) is 0 Å². The Balaban J connectivity index is -0.00000122. The molecule has 3 aliphatic rings. The van der Waals surface area contributed by atoms with Gasteiger partial charge in [0, 0.05) is 51.5 Å². The van der Waals surface area contributed by atoms with Crippen LogP contribution in [0, 0.1) is 0 Å². The molecule has 0 bridgehead atoms. The standard InChI is InChI=1S/2C30H46O2.C7H7O.3C4H8O.5Li/c2*1-18(21-14-19(27(2,3)4)16-23(25(21)31)29(8,9)10)22-15-20(28(5,6)7)17-24(26(22)32)30(11,12)13;8-6-7-4-2-1-3-5-7;3*1-2-4-5-3-1;;;;;/h2*14-18,31-32H,1-13H3;1-5H,6H2;3*1-4H2;;;;;/q;;-1;;;;5*+1/p-4. The van der Waals surface area contributed by atoms with Crippen LogP contribution in [0.15, 0.2) is 78.9 Å². The summed E-state index contributed by atoms with van der Waals surface area (Å²) in [5, 5.41) is 64.9. The first kappa shape index (κ1) is 94.3. The molecule has 0 saturated carbocycles. The summed E-state index contributed by atoms with van der Waals surface area (Å²) in [6.07, 6.45) is 7.67. The molecule has 0 amide bonds. The van der Waals surface area contributed by atoms with E-state index in [0.29, 0.717) is 0 Å². The maximum atomic E-state index is 13.7. The van der Waals surface area contributed by atoms with Crippen molar-refractivity contribution in [1.82, 2.24) is 0 Å². The summed E-state index contributed by atoms with van der Waals surface area (Å²) in [6.45, 7) is 61.0. The number of rotatable bonds is 5. The van der Waals surface area contributed by atoms with Gasteiger partial charge in [0.25, 0.3) is 0 Å². The van der Waals surface area contributed by atoms with E-state index in [1.807, 2.05) is 68.4 Å². The monoisotopic (exact) mass is 1230 g/mol. The van der Waals surface area contributed by atoms with E-state index in [1.54, 1.807) is 0 Å². The number of ether oxygens (including phenoxy) is 3. The topological polar surface area (TPSA) is 143 Å². The van der Waals surface area contributed by atoms with Gasteiger partial charge in [-0.2, -0.15) is 0 Å². The zero-order valence-corrected chi connectivity index (χ0v) is 64.6. The molecule has 92 heavy (non-hydrogen) atoms. The quantitative estimate of drug-likeness (QED) is 0.245. The third-order valence-electron chi connectivity index (χ3n) is 16.5. The van der Waals surface area contributed by atoms with Gasteiger partial charge in [-0.05, 0) is 149 Å². The van der Waals surface area contributed by atoms with E-state index in [9.17, 15) is 25.5 Å². The van der Waals surface area contributed by atoms with Gasteiger partial charge >= 0.3 is 94.3 Å².